The maximum atomic E-state index is 5.44. The minimum Gasteiger partial charge on any atom is -0.496 e. The van der Waals surface area contributed by atoms with Crippen LogP contribution >= 0.6 is 11.8 Å². The van der Waals surface area contributed by atoms with E-state index in [1.165, 1.54) is 16.0 Å². The Morgan fingerprint density at radius 1 is 1.40 bits per heavy atom. The van der Waals surface area contributed by atoms with E-state index in [4.69, 9.17) is 4.74 Å². The van der Waals surface area contributed by atoms with E-state index < -0.39 is 0 Å². The Labute approximate surface area is 124 Å². The van der Waals surface area contributed by atoms with Crippen molar-refractivity contribution >= 4 is 11.8 Å². The van der Waals surface area contributed by atoms with Gasteiger partial charge in [-0.15, -0.1) is 11.8 Å². The van der Waals surface area contributed by atoms with E-state index in [1.807, 2.05) is 30.2 Å². The molecule has 0 atom stereocenters. The maximum absolute atomic E-state index is 5.44. The normalized spacial score (nSPS) is 10.8. The molecule has 0 radical (unpaired) electrons. The van der Waals surface area contributed by atoms with E-state index >= 15 is 0 Å². The van der Waals surface area contributed by atoms with Crippen LogP contribution < -0.4 is 10.1 Å². The number of nitrogens with one attached hydrogen (secondary N) is 1. The van der Waals surface area contributed by atoms with Gasteiger partial charge in [0.25, 0.3) is 0 Å². The van der Waals surface area contributed by atoms with Gasteiger partial charge >= 0.3 is 0 Å². The number of thioether (sulfide) groups is 1. The Bertz CT molecular complexity index is 554. The summed E-state index contributed by atoms with van der Waals surface area (Å²) in [5.41, 5.74) is 2.51. The second-order valence-electron chi connectivity index (χ2n) is 4.56. The number of hydrogen-bond donors (Lipinski definition) is 1. The van der Waals surface area contributed by atoms with Crippen molar-refractivity contribution in [1.29, 1.82) is 0 Å². The molecular formula is C15H21N3OS. The van der Waals surface area contributed by atoms with Gasteiger partial charge in [0.15, 0.2) is 0 Å². The van der Waals surface area contributed by atoms with Crippen molar-refractivity contribution < 1.29 is 4.74 Å². The second-order valence-corrected chi connectivity index (χ2v) is 5.61. The van der Waals surface area contributed by atoms with Crippen LogP contribution in [0.3, 0.4) is 0 Å². The van der Waals surface area contributed by atoms with E-state index in [-0.39, 0.29) is 0 Å². The van der Waals surface area contributed by atoms with Crippen LogP contribution in [-0.2, 0) is 19.3 Å². The van der Waals surface area contributed by atoms with Crippen LogP contribution in [0.15, 0.2) is 35.5 Å². The smallest absolute Gasteiger partial charge is 0.122 e. The summed E-state index contributed by atoms with van der Waals surface area (Å²) in [6.45, 7) is 3.99. The molecule has 4 nitrogen and oxygen atoms in total. The first-order valence-electron chi connectivity index (χ1n) is 6.71. The lowest BCUT2D eigenvalue weighted by atomic mass is 10.1. The zero-order valence-corrected chi connectivity index (χ0v) is 13.0. The van der Waals surface area contributed by atoms with Crippen LogP contribution in [0.2, 0.25) is 0 Å². The van der Waals surface area contributed by atoms with Crippen molar-refractivity contribution in [2.75, 3.05) is 13.7 Å². The van der Waals surface area contributed by atoms with Gasteiger partial charge in [-0.25, -0.2) is 0 Å². The van der Waals surface area contributed by atoms with Crippen molar-refractivity contribution in [2.24, 2.45) is 7.05 Å². The van der Waals surface area contributed by atoms with Gasteiger partial charge in [-0.1, -0.05) is 13.0 Å². The number of benzene rings is 1. The summed E-state index contributed by atoms with van der Waals surface area (Å²) in [4.78, 5) is 1.17. The van der Waals surface area contributed by atoms with Crippen LogP contribution in [0.1, 0.15) is 18.1 Å². The number of aryl methyl sites for hydroxylation is 1. The lowest BCUT2D eigenvalue weighted by Crippen LogP contribution is -2.11. The summed E-state index contributed by atoms with van der Waals surface area (Å²) < 4.78 is 7.26. The van der Waals surface area contributed by atoms with Gasteiger partial charge in [0, 0.05) is 36.0 Å². The molecule has 108 valence electrons. The first-order valence-corrected chi connectivity index (χ1v) is 7.69. The van der Waals surface area contributed by atoms with Crippen LogP contribution in [0.25, 0.3) is 0 Å². The molecule has 0 saturated heterocycles. The lowest BCUT2D eigenvalue weighted by molar-refractivity contribution is 0.411. The van der Waals surface area contributed by atoms with Gasteiger partial charge < -0.3 is 10.1 Å². The van der Waals surface area contributed by atoms with Gasteiger partial charge in [0.2, 0.25) is 0 Å². The predicted octanol–water partition coefficient (Wildman–Crippen LogP) is 2.83. The highest BCUT2D eigenvalue weighted by molar-refractivity contribution is 7.98. The second kappa shape index (κ2) is 7.36. The van der Waals surface area contributed by atoms with Gasteiger partial charge in [-0.05, 0) is 24.2 Å². The van der Waals surface area contributed by atoms with Crippen molar-refractivity contribution in [2.45, 2.75) is 24.1 Å². The highest BCUT2D eigenvalue weighted by Gasteiger charge is 2.06. The molecule has 2 aromatic rings. The fourth-order valence-corrected chi connectivity index (χ4v) is 2.85. The minimum atomic E-state index is 0.884. The zero-order chi connectivity index (χ0) is 14.4. The molecule has 1 heterocycles. The molecule has 0 spiro atoms. The Hall–Kier alpha value is -1.46. The highest BCUT2D eigenvalue weighted by atomic mass is 32.2. The summed E-state index contributed by atoms with van der Waals surface area (Å²) in [5, 5.41) is 7.53. The van der Waals surface area contributed by atoms with Gasteiger partial charge in [0.05, 0.1) is 13.3 Å². The molecule has 0 unspecified atom stereocenters. The number of rotatable bonds is 7. The molecule has 0 saturated carbocycles. The highest BCUT2D eigenvalue weighted by Crippen LogP contribution is 2.28. The summed E-state index contributed by atoms with van der Waals surface area (Å²) in [6, 6.07) is 6.37. The number of nitrogens with zero attached hydrogens (tertiary/aromatic N) is 2. The third kappa shape index (κ3) is 4.02. The van der Waals surface area contributed by atoms with Crippen LogP contribution in [0.4, 0.5) is 0 Å². The maximum Gasteiger partial charge on any atom is 0.122 e. The Morgan fingerprint density at radius 2 is 2.25 bits per heavy atom. The monoisotopic (exact) mass is 291 g/mol. The molecule has 0 aliphatic carbocycles. The zero-order valence-electron chi connectivity index (χ0n) is 12.2. The average Bonchev–Trinajstić information content (AvgIpc) is 2.88. The standard InChI is InChI=1S/C15H21N3OS/c1-4-16-8-12-5-6-15(19-3)13(7-12)11-20-14-9-17-18(2)10-14/h5-7,9-10,16H,4,8,11H2,1-3H3. The van der Waals surface area contributed by atoms with E-state index in [1.54, 1.807) is 18.9 Å². The molecule has 5 heteroatoms. The first-order chi connectivity index (χ1) is 9.72. The molecular weight excluding hydrogens is 270 g/mol. The number of aromatic nitrogens is 2. The van der Waals surface area contributed by atoms with E-state index in [0.717, 1.165) is 24.6 Å². The third-order valence-electron chi connectivity index (χ3n) is 3.00. The summed E-state index contributed by atoms with van der Waals surface area (Å²) in [7, 11) is 3.65. The largest absolute Gasteiger partial charge is 0.496 e. The van der Waals surface area contributed by atoms with Crippen molar-refractivity contribution in [3.05, 3.63) is 41.7 Å². The first kappa shape index (κ1) is 14.9. The quantitative estimate of drug-likeness (QED) is 0.796. The Morgan fingerprint density at radius 3 is 2.90 bits per heavy atom. The van der Waals surface area contributed by atoms with Crippen molar-refractivity contribution in [3.8, 4) is 5.75 Å². The van der Waals surface area contributed by atoms with E-state index in [0.29, 0.717) is 0 Å². The topological polar surface area (TPSA) is 39.1 Å². The van der Waals surface area contributed by atoms with Gasteiger partial charge in [-0.3, -0.25) is 4.68 Å². The molecule has 1 aromatic carbocycles. The van der Waals surface area contributed by atoms with Crippen LogP contribution in [0.5, 0.6) is 5.75 Å². The number of ether oxygens (including phenoxy) is 1. The summed E-state index contributed by atoms with van der Waals surface area (Å²) in [6.07, 6.45) is 3.92. The van der Waals surface area contributed by atoms with Crippen LogP contribution in [0, 0.1) is 0 Å². The van der Waals surface area contributed by atoms with Crippen molar-refractivity contribution in [1.82, 2.24) is 15.1 Å². The summed E-state index contributed by atoms with van der Waals surface area (Å²) >= 11 is 1.77. The SMILES string of the molecule is CCNCc1ccc(OC)c(CSc2cnn(C)c2)c1. The van der Waals surface area contributed by atoms with Gasteiger partial charge in [0.1, 0.15) is 5.75 Å². The van der Waals surface area contributed by atoms with Gasteiger partial charge in [-0.2, -0.15) is 5.10 Å². The molecule has 0 fully saturated rings. The molecule has 1 aromatic heterocycles. The minimum absolute atomic E-state index is 0.884. The third-order valence-corrected chi connectivity index (χ3v) is 4.00. The predicted molar refractivity (Wildman–Crippen MR) is 83.1 cm³/mol. The van der Waals surface area contributed by atoms with E-state index in [2.05, 4.69) is 29.5 Å². The number of methoxy groups -OCH3 is 1. The molecule has 0 bridgehead atoms. The molecule has 0 aliphatic heterocycles. The molecule has 0 amide bonds. The van der Waals surface area contributed by atoms with Crippen molar-refractivity contribution in [3.63, 3.8) is 0 Å². The fraction of sp³-hybridized carbons (Fsp3) is 0.400. The molecule has 0 aliphatic rings. The van der Waals surface area contributed by atoms with Crippen LogP contribution in [-0.4, -0.2) is 23.4 Å². The Kier molecular flexibility index (Phi) is 5.49. The Balaban J connectivity index is 2.07. The fourth-order valence-electron chi connectivity index (χ4n) is 1.96. The van der Waals surface area contributed by atoms with E-state index in [9.17, 15) is 0 Å². The number of hydrogen-bond acceptors (Lipinski definition) is 4. The molecule has 2 rings (SSSR count). The average molecular weight is 291 g/mol. The lowest BCUT2D eigenvalue weighted by Gasteiger charge is -2.10. The molecule has 1 N–H and O–H groups in total. The summed E-state index contributed by atoms with van der Waals surface area (Å²) in [5.74, 6) is 1.83. The molecule has 20 heavy (non-hydrogen) atoms.